The molecule has 0 saturated carbocycles. The Bertz CT molecular complexity index is 942. The third-order valence-corrected chi connectivity index (χ3v) is 5.70. The van der Waals surface area contributed by atoms with Crippen LogP contribution in [0.3, 0.4) is 0 Å². The van der Waals surface area contributed by atoms with Crippen molar-refractivity contribution in [3.63, 3.8) is 0 Å². The Balaban J connectivity index is 1.30. The molecule has 1 unspecified atom stereocenters. The fourth-order valence-corrected chi connectivity index (χ4v) is 4.04. The molecule has 4 rings (SSSR count). The summed E-state index contributed by atoms with van der Waals surface area (Å²) in [4.78, 5) is 15.3. The molecule has 1 amide bonds. The van der Waals surface area contributed by atoms with Gasteiger partial charge in [-0.15, -0.1) is 0 Å². The van der Waals surface area contributed by atoms with E-state index in [4.69, 9.17) is 4.74 Å². The van der Waals surface area contributed by atoms with Gasteiger partial charge in [0.15, 0.2) is 0 Å². The molecule has 1 aliphatic heterocycles. The summed E-state index contributed by atoms with van der Waals surface area (Å²) in [5, 5.41) is 3.25. The molecule has 1 fully saturated rings. The Morgan fingerprint density at radius 1 is 0.871 bits per heavy atom. The largest absolute Gasteiger partial charge is 0.489 e. The normalized spacial score (nSPS) is 17.0. The topological polar surface area (TPSA) is 41.6 Å². The highest BCUT2D eigenvalue weighted by molar-refractivity contribution is 5.94. The highest BCUT2D eigenvalue weighted by Crippen LogP contribution is 2.17. The van der Waals surface area contributed by atoms with Crippen molar-refractivity contribution < 1.29 is 9.53 Å². The molecular formula is C27H30N2O2. The van der Waals surface area contributed by atoms with Crippen LogP contribution in [0.5, 0.6) is 5.75 Å². The van der Waals surface area contributed by atoms with E-state index in [2.05, 4.69) is 34.5 Å². The molecule has 0 aromatic heterocycles. The first-order valence-electron chi connectivity index (χ1n) is 11.1. The lowest BCUT2D eigenvalue weighted by Crippen LogP contribution is -2.42. The van der Waals surface area contributed by atoms with Gasteiger partial charge in [-0.25, -0.2) is 0 Å². The first-order valence-corrected chi connectivity index (χ1v) is 11.1. The molecule has 1 N–H and O–H groups in total. The molecular weight excluding hydrogens is 384 g/mol. The fourth-order valence-electron chi connectivity index (χ4n) is 4.04. The third kappa shape index (κ3) is 6.43. The van der Waals surface area contributed by atoms with E-state index in [1.54, 1.807) is 0 Å². The second-order valence-electron chi connectivity index (χ2n) is 8.19. The molecule has 0 spiro atoms. The molecule has 3 aromatic carbocycles. The minimum absolute atomic E-state index is 0.0128. The van der Waals surface area contributed by atoms with Gasteiger partial charge in [-0.3, -0.25) is 9.69 Å². The average molecular weight is 415 g/mol. The fraction of sp³-hybridized carbons (Fsp3) is 0.296. The van der Waals surface area contributed by atoms with Crippen LogP contribution in [0.15, 0.2) is 84.9 Å². The molecule has 1 aliphatic rings. The summed E-state index contributed by atoms with van der Waals surface area (Å²) in [6, 6.07) is 28.2. The third-order valence-electron chi connectivity index (χ3n) is 5.70. The van der Waals surface area contributed by atoms with E-state index in [1.165, 1.54) is 12.0 Å². The molecule has 31 heavy (non-hydrogen) atoms. The minimum atomic E-state index is -0.0128. The molecule has 0 radical (unpaired) electrons. The summed E-state index contributed by atoms with van der Waals surface area (Å²) in [7, 11) is 0. The van der Waals surface area contributed by atoms with Crippen molar-refractivity contribution in [3.05, 3.63) is 102 Å². The Kier molecular flexibility index (Phi) is 7.35. The van der Waals surface area contributed by atoms with Crippen molar-refractivity contribution in [1.82, 2.24) is 10.2 Å². The van der Waals surface area contributed by atoms with E-state index >= 15 is 0 Å². The molecule has 3 aromatic rings. The zero-order chi connectivity index (χ0) is 21.3. The summed E-state index contributed by atoms with van der Waals surface area (Å²) in [6.45, 7) is 3.42. The van der Waals surface area contributed by atoms with Crippen molar-refractivity contribution in [1.29, 1.82) is 0 Å². The second-order valence-corrected chi connectivity index (χ2v) is 8.19. The molecule has 0 aliphatic carbocycles. The number of carbonyl (C=O) groups excluding carboxylic acids is 1. The summed E-state index contributed by atoms with van der Waals surface area (Å²) >= 11 is 0. The number of hydrogen-bond acceptors (Lipinski definition) is 3. The number of hydrogen-bond donors (Lipinski definition) is 1. The second kappa shape index (κ2) is 10.8. The standard InChI is InChI=1S/C27H30N2O2/c30-27(24-14-16-26(17-15-24)31-21-23-11-5-2-6-12-23)28-25-13-7-8-18-29(20-25)19-22-9-3-1-4-10-22/h1-6,9-12,14-17,25H,7-8,13,18-21H2,(H,28,30). The van der Waals surface area contributed by atoms with Gasteiger partial charge in [0.2, 0.25) is 0 Å². The van der Waals surface area contributed by atoms with Gasteiger partial charge in [0.25, 0.3) is 5.91 Å². The Labute approximate surface area is 184 Å². The highest BCUT2D eigenvalue weighted by atomic mass is 16.5. The van der Waals surface area contributed by atoms with Gasteiger partial charge in [-0.05, 0) is 54.8 Å². The van der Waals surface area contributed by atoms with Crippen LogP contribution in [0.2, 0.25) is 0 Å². The van der Waals surface area contributed by atoms with Gasteiger partial charge in [0, 0.05) is 24.7 Å². The van der Waals surface area contributed by atoms with Crippen LogP contribution in [0, 0.1) is 0 Å². The van der Waals surface area contributed by atoms with E-state index < -0.39 is 0 Å². The number of amides is 1. The summed E-state index contributed by atoms with van der Waals surface area (Å²) < 4.78 is 5.83. The van der Waals surface area contributed by atoms with Gasteiger partial charge < -0.3 is 10.1 Å². The van der Waals surface area contributed by atoms with E-state index in [0.29, 0.717) is 12.2 Å². The van der Waals surface area contributed by atoms with Crippen LogP contribution >= 0.6 is 0 Å². The van der Waals surface area contributed by atoms with Crippen molar-refractivity contribution in [3.8, 4) is 5.75 Å². The monoisotopic (exact) mass is 414 g/mol. The van der Waals surface area contributed by atoms with E-state index in [0.717, 1.165) is 43.8 Å². The first-order chi connectivity index (χ1) is 15.3. The van der Waals surface area contributed by atoms with Gasteiger partial charge in [0.1, 0.15) is 12.4 Å². The van der Waals surface area contributed by atoms with Crippen LogP contribution in [0.1, 0.15) is 40.7 Å². The van der Waals surface area contributed by atoms with Gasteiger partial charge in [-0.2, -0.15) is 0 Å². The minimum Gasteiger partial charge on any atom is -0.489 e. The summed E-state index contributed by atoms with van der Waals surface area (Å²) in [5.74, 6) is 0.755. The molecule has 4 heteroatoms. The summed E-state index contributed by atoms with van der Waals surface area (Å²) in [6.07, 6.45) is 3.34. The number of likely N-dealkylation sites (tertiary alicyclic amines) is 1. The lowest BCUT2D eigenvalue weighted by molar-refractivity contribution is 0.0925. The zero-order valence-corrected chi connectivity index (χ0v) is 17.9. The lowest BCUT2D eigenvalue weighted by Gasteiger charge is -2.25. The van der Waals surface area contributed by atoms with E-state index in [1.807, 2.05) is 60.7 Å². The summed E-state index contributed by atoms with van der Waals surface area (Å²) in [5.41, 5.74) is 3.12. The quantitative estimate of drug-likeness (QED) is 0.588. The van der Waals surface area contributed by atoms with E-state index in [-0.39, 0.29) is 11.9 Å². The molecule has 4 nitrogen and oxygen atoms in total. The maximum Gasteiger partial charge on any atom is 0.251 e. The number of carbonyl (C=O) groups is 1. The molecule has 1 atom stereocenters. The predicted octanol–water partition coefficient (Wildman–Crippen LogP) is 5.05. The predicted molar refractivity (Wildman–Crippen MR) is 124 cm³/mol. The van der Waals surface area contributed by atoms with Crippen LogP contribution in [-0.2, 0) is 13.2 Å². The molecule has 1 saturated heterocycles. The zero-order valence-electron chi connectivity index (χ0n) is 17.9. The van der Waals surface area contributed by atoms with Crippen molar-refractivity contribution >= 4 is 5.91 Å². The van der Waals surface area contributed by atoms with Gasteiger partial charge in [-0.1, -0.05) is 67.1 Å². The SMILES string of the molecule is O=C(NC1CCCCN(Cc2ccccc2)C1)c1ccc(OCc2ccccc2)cc1. The Morgan fingerprint density at radius 2 is 1.55 bits per heavy atom. The van der Waals surface area contributed by atoms with Crippen LogP contribution in [-0.4, -0.2) is 29.9 Å². The van der Waals surface area contributed by atoms with E-state index in [9.17, 15) is 4.79 Å². The smallest absolute Gasteiger partial charge is 0.251 e. The van der Waals surface area contributed by atoms with Crippen molar-refractivity contribution in [2.75, 3.05) is 13.1 Å². The van der Waals surface area contributed by atoms with Crippen molar-refractivity contribution in [2.24, 2.45) is 0 Å². The molecule has 1 heterocycles. The maximum absolute atomic E-state index is 12.8. The van der Waals surface area contributed by atoms with Gasteiger partial charge in [0.05, 0.1) is 0 Å². The number of nitrogens with one attached hydrogen (secondary N) is 1. The number of ether oxygens (including phenoxy) is 1. The number of nitrogens with zero attached hydrogens (tertiary/aromatic N) is 1. The van der Waals surface area contributed by atoms with Crippen molar-refractivity contribution in [2.45, 2.75) is 38.5 Å². The average Bonchev–Trinajstić information content (AvgIpc) is 3.04. The molecule has 0 bridgehead atoms. The molecule has 160 valence electrons. The number of rotatable bonds is 7. The Morgan fingerprint density at radius 3 is 2.26 bits per heavy atom. The van der Waals surface area contributed by atoms with Crippen LogP contribution < -0.4 is 10.1 Å². The first kappa shape index (κ1) is 21.1. The number of benzene rings is 3. The van der Waals surface area contributed by atoms with Crippen LogP contribution in [0.25, 0.3) is 0 Å². The van der Waals surface area contributed by atoms with Gasteiger partial charge >= 0.3 is 0 Å². The van der Waals surface area contributed by atoms with Crippen LogP contribution in [0.4, 0.5) is 0 Å². The highest BCUT2D eigenvalue weighted by Gasteiger charge is 2.20. The Hall–Kier alpha value is -3.11. The maximum atomic E-state index is 12.8. The lowest BCUT2D eigenvalue weighted by atomic mass is 10.1.